The lowest BCUT2D eigenvalue weighted by Gasteiger charge is -2.12. The summed E-state index contributed by atoms with van der Waals surface area (Å²) >= 11 is 0. The van der Waals surface area contributed by atoms with Gasteiger partial charge in [0.15, 0.2) is 11.5 Å². The monoisotopic (exact) mass is 239 g/mol. The zero-order valence-corrected chi connectivity index (χ0v) is 10.8. The van der Waals surface area contributed by atoms with E-state index in [4.69, 9.17) is 14.2 Å². The lowest BCUT2D eigenvalue weighted by atomic mass is 10.2. The molecule has 4 nitrogen and oxygen atoms in total. The molecule has 0 atom stereocenters. The highest BCUT2D eigenvalue weighted by atomic mass is 16.5. The van der Waals surface area contributed by atoms with E-state index in [1.54, 1.807) is 14.2 Å². The van der Waals surface area contributed by atoms with Crippen molar-refractivity contribution in [2.45, 2.75) is 13.5 Å². The predicted molar refractivity (Wildman–Crippen MR) is 67.7 cm³/mol. The number of nitrogens with one attached hydrogen (secondary N) is 1. The average molecular weight is 239 g/mol. The van der Waals surface area contributed by atoms with Crippen molar-refractivity contribution in [1.82, 2.24) is 5.32 Å². The van der Waals surface area contributed by atoms with Crippen LogP contribution in [0, 0.1) is 0 Å². The molecule has 0 saturated carbocycles. The topological polar surface area (TPSA) is 39.7 Å². The van der Waals surface area contributed by atoms with E-state index in [2.05, 4.69) is 12.2 Å². The number of methoxy groups -OCH3 is 2. The van der Waals surface area contributed by atoms with Gasteiger partial charge in [-0.15, -0.1) is 0 Å². The van der Waals surface area contributed by atoms with Crippen molar-refractivity contribution >= 4 is 0 Å². The van der Waals surface area contributed by atoms with Crippen molar-refractivity contribution in [2.75, 3.05) is 34.0 Å². The average Bonchev–Trinajstić information content (AvgIpc) is 2.37. The van der Waals surface area contributed by atoms with Crippen LogP contribution in [-0.4, -0.2) is 34.0 Å². The van der Waals surface area contributed by atoms with E-state index in [-0.39, 0.29) is 0 Å². The third-order valence-corrected chi connectivity index (χ3v) is 2.35. The van der Waals surface area contributed by atoms with Gasteiger partial charge in [-0.05, 0) is 24.2 Å². The molecule has 0 aliphatic carbocycles. The first-order valence-corrected chi connectivity index (χ1v) is 5.81. The molecule has 0 amide bonds. The number of ether oxygens (including phenoxy) is 3. The van der Waals surface area contributed by atoms with Gasteiger partial charge in [0.25, 0.3) is 0 Å². The molecule has 17 heavy (non-hydrogen) atoms. The number of hydrogen-bond acceptors (Lipinski definition) is 4. The van der Waals surface area contributed by atoms with Gasteiger partial charge in [0.1, 0.15) is 6.61 Å². The Bertz CT molecular complexity index is 328. The normalized spacial score (nSPS) is 10.3. The molecule has 0 fully saturated rings. The van der Waals surface area contributed by atoms with Crippen molar-refractivity contribution in [2.24, 2.45) is 0 Å². The highest BCUT2D eigenvalue weighted by molar-refractivity contribution is 5.42. The summed E-state index contributed by atoms with van der Waals surface area (Å²) in [6, 6.07) is 5.95. The molecular weight excluding hydrogens is 218 g/mol. The van der Waals surface area contributed by atoms with Crippen LogP contribution in [0.2, 0.25) is 0 Å². The molecule has 0 saturated heterocycles. The van der Waals surface area contributed by atoms with Gasteiger partial charge in [-0.1, -0.05) is 13.0 Å². The molecule has 0 aliphatic rings. The molecule has 1 aromatic carbocycles. The van der Waals surface area contributed by atoms with Crippen LogP contribution in [0.5, 0.6) is 11.5 Å². The smallest absolute Gasteiger partial charge is 0.161 e. The highest BCUT2D eigenvalue weighted by Crippen LogP contribution is 2.27. The molecule has 0 radical (unpaired) electrons. The standard InChI is InChI=1S/C13H21NO3/c1-4-14-10-11-5-6-12(16-3)13(9-11)17-8-7-15-2/h5-6,9,14H,4,7-8,10H2,1-3H3. The molecule has 0 bridgehead atoms. The van der Waals surface area contributed by atoms with Crippen LogP contribution in [-0.2, 0) is 11.3 Å². The Kier molecular flexibility index (Phi) is 6.43. The maximum Gasteiger partial charge on any atom is 0.161 e. The van der Waals surface area contributed by atoms with Gasteiger partial charge < -0.3 is 19.5 Å². The molecule has 0 aromatic heterocycles. The van der Waals surface area contributed by atoms with Crippen molar-refractivity contribution in [1.29, 1.82) is 0 Å². The minimum atomic E-state index is 0.525. The summed E-state index contributed by atoms with van der Waals surface area (Å²) in [7, 11) is 3.30. The molecule has 4 heteroatoms. The Labute approximate surface area is 103 Å². The summed E-state index contributed by atoms with van der Waals surface area (Å²) in [5.74, 6) is 1.52. The third-order valence-electron chi connectivity index (χ3n) is 2.35. The molecule has 0 spiro atoms. The van der Waals surface area contributed by atoms with Gasteiger partial charge in [0.05, 0.1) is 13.7 Å². The van der Waals surface area contributed by atoms with Crippen molar-refractivity contribution in [3.05, 3.63) is 23.8 Å². The molecular formula is C13H21NO3. The first-order valence-electron chi connectivity index (χ1n) is 5.81. The number of rotatable bonds is 8. The summed E-state index contributed by atoms with van der Waals surface area (Å²) in [4.78, 5) is 0. The maximum atomic E-state index is 5.61. The van der Waals surface area contributed by atoms with Crippen molar-refractivity contribution in [3.63, 3.8) is 0 Å². The largest absolute Gasteiger partial charge is 0.493 e. The minimum Gasteiger partial charge on any atom is -0.493 e. The van der Waals surface area contributed by atoms with Crippen LogP contribution in [0.3, 0.4) is 0 Å². The van der Waals surface area contributed by atoms with Gasteiger partial charge in [0.2, 0.25) is 0 Å². The summed E-state index contributed by atoms with van der Waals surface area (Å²) in [6.45, 7) is 4.96. The van der Waals surface area contributed by atoms with Gasteiger partial charge in [0, 0.05) is 13.7 Å². The van der Waals surface area contributed by atoms with Crippen molar-refractivity contribution < 1.29 is 14.2 Å². The minimum absolute atomic E-state index is 0.525. The Hall–Kier alpha value is -1.26. The molecule has 1 aromatic rings. The van der Waals surface area contributed by atoms with Gasteiger partial charge in [-0.25, -0.2) is 0 Å². The Morgan fingerprint density at radius 1 is 1.12 bits per heavy atom. The molecule has 96 valence electrons. The summed E-state index contributed by atoms with van der Waals surface area (Å²) in [5.41, 5.74) is 1.18. The number of hydrogen-bond donors (Lipinski definition) is 1. The fourth-order valence-corrected chi connectivity index (χ4v) is 1.45. The zero-order valence-electron chi connectivity index (χ0n) is 10.8. The fourth-order valence-electron chi connectivity index (χ4n) is 1.45. The fraction of sp³-hybridized carbons (Fsp3) is 0.538. The van der Waals surface area contributed by atoms with E-state index in [0.29, 0.717) is 13.2 Å². The summed E-state index contributed by atoms with van der Waals surface area (Å²) in [5, 5.41) is 3.28. The Morgan fingerprint density at radius 2 is 1.94 bits per heavy atom. The van der Waals surface area contributed by atoms with Crippen LogP contribution in [0.1, 0.15) is 12.5 Å². The van der Waals surface area contributed by atoms with E-state index in [9.17, 15) is 0 Å². The molecule has 0 heterocycles. The number of benzene rings is 1. The van der Waals surface area contributed by atoms with E-state index in [1.165, 1.54) is 5.56 Å². The third kappa shape index (κ3) is 4.63. The van der Waals surface area contributed by atoms with Crippen LogP contribution >= 0.6 is 0 Å². The molecule has 0 aliphatic heterocycles. The second kappa shape index (κ2) is 7.92. The second-order valence-electron chi connectivity index (χ2n) is 3.61. The van der Waals surface area contributed by atoms with Crippen LogP contribution < -0.4 is 14.8 Å². The summed E-state index contributed by atoms with van der Waals surface area (Å²) in [6.07, 6.45) is 0. The lowest BCUT2D eigenvalue weighted by Crippen LogP contribution is -2.12. The van der Waals surface area contributed by atoms with Gasteiger partial charge in [-0.2, -0.15) is 0 Å². The van der Waals surface area contributed by atoms with E-state index in [0.717, 1.165) is 24.6 Å². The molecule has 1 N–H and O–H groups in total. The van der Waals surface area contributed by atoms with E-state index >= 15 is 0 Å². The second-order valence-corrected chi connectivity index (χ2v) is 3.61. The maximum absolute atomic E-state index is 5.61. The van der Waals surface area contributed by atoms with Gasteiger partial charge in [-0.3, -0.25) is 0 Å². The molecule has 0 unspecified atom stereocenters. The SMILES string of the molecule is CCNCc1ccc(OC)c(OCCOC)c1. The highest BCUT2D eigenvalue weighted by Gasteiger charge is 2.05. The Balaban J connectivity index is 2.68. The summed E-state index contributed by atoms with van der Waals surface area (Å²) < 4.78 is 15.8. The van der Waals surface area contributed by atoms with E-state index < -0.39 is 0 Å². The lowest BCUT2D eigenvalue weighted by molar-refractivity contribution is 0.144. The quantitative estimate of drug-likeness (QED) is 0.703. The zero-order chi connectivity index (χ0) is 12.5. The van der Waals surface area contributed by atoms with Crippen molar-refractivity contribution in [3.8, 4) is 11.5 Å². The van der Waals surface area contributed by atoms with Crippen LogP contribution in [0.15, 0.2) is 18.2 Å². The molecule has 1 rings (SSSR count). The van der Waals surface area contributed by atoms with Gasteiger partial charge >= 0.3 is 0 Å². The predicted octanol–water partition coefficient (Wildman–Crippen LogP) is 1.83. The Morgan fingerprint density at radius 3 is 2.59 bits per heavy atom. The first kappa shape index (κ1) is 13.8. The van der Waals surface area contributed by atoms with Crippen LogP contribution in [0.4, 0.5) is 0 Å². The first-order chi connectivity index (χ1) is 8.31. The van der Waals surface area contributed by atoms with Crippen LogP contribution in [0.25, 0.3) is 0 Å². The van der Waals surface area contributed by atoms with E-state index in [1.807, 2.05) is 18.2 Å².